The van der Waals surface area contributed by atoms with Crippen molar-refractivity contribution in [1.82, 2.24) is 10.4 Å². The molecule has 5 rings (SSSR count). The minimum absolute atomic E-state index is 0.0757. The number of aliphatic hydroxyl groups is 1. The standard InChI is InChI=1S/C30H31Br2N3O5/c31-24-10-6-21(7-11-24)27-30(20-23-4-1-2-5-26(23)32,29(37)34-35-14-18-38-19-15-35)33-28(40-27)22-8-12-25(13-9-22)39-17-3-16-36/h1-2,4-13,27,36H,3,14-20H2,(H,34,37)/t27-,30-/m0/s1. The van der Waals surface area contributed by atoms with E-state index in [4.69, 9.17) is 24.3 Å². The van der Waals surface area contributed by atoms with E-state index in [1.54, 1.807) is 0 Å². The van der Waals surface area contributed by atoms with Gasteiger partial charge >= 0.3 is 0 Å². The normalized spacial score (nSPS) is 21.0. The number of amides is 1. The van der Waals surface area contributed by atoms with E-state index in [-0.39, 0.29) is 12.5 Å². The molecular formula is C30H31Br2N3O5. The zero-order valence-electron chi connectivity index (χ0n) is 21.9. The molecule has 210 valence electrons. The van der Waals surface area contributed by atoms with Crippen molar-refractivity contribution >= 4 is 43.7 Å². The predicted molar refractivity (Wildman–Crippen MR) is 159 cm³/mol. The van der Waals surface area contributed by atoms with Gasteiger partial charge < -0.3 is 19.3 Å². The number of morpholine rings is 1. The van der Waals surface area contributed by atoms with Crippen molar-refractivity contribution < 1.29 is 24.1 Å². The lowest BCUT2D eigenvalue weighted by Crippen LogP contribution is -2.57. The highest BCUT2D eigenvalue weighted by atomic mass is 79.9. The Morgan fingerprint density at radius 2 is 1.77 bits per heavy atom. The highest BCUT2D eigenvalue weighted by molar-refractivity contribution is 9.10. The van der Waals surface area contributed by atoms with Crippen molar-refractivity contribution in [2.45, 2.75) is 24.5 Å². The lowest BCUT2D eigenvalue weighted by molar-refractivity contribution is -0.136. The third-order valence-corrected chi connectivity index (χ3v) is 8.19. The molecule has 0 radical (unpaired) electrons. The number of ether oxygens (including phenoxy) is 3. The van der Waals surface area contributed by atoms with Gasteiger partial charge in [0.05, 0.1) is 19.8 Å². The lowest BCUT2D eigenvalue weighted by Gasteiger charge is -2.34. The summed E-state index contributed by atoms with van der Waals surface area (Å²) in [7, 11) is 0. The van der Waals surface area contributed by atoms with Crippen LogP contribution in [0.15, 0.2) is 86.7 Å². The van der Waals surface area contributed by atoms with Gasteiger partial charge in [0.25, 0.3) is 5.91 Å². The second-order valence-electron chi connectivity index (χ2n) is 9.65. The number of rotatable bonds is 10. The van der Waals surface area contributed by atoms with Crippen LogP contribution in [0, 0.1) is 0 Å². The maximum Gasteiger partial charge on any atom is 0.266 e. The fraction of sp³-hybridized carbons (Fsp3) is 0.333. The maximum atomic E-state index is 14.3. The molecule has 1 saturated heterocycles. The summed E-state index contributed by atoms with van der Waals surface area (Å²) in [6.45, 7) is 2.78. The molecule has 1 fully saturated rings. The molecule has 0 aromatic heterocycles. The molecule has 0 saturated carbocycles. The van der Waals surface area contributed by atoms with Crippen LogP contribution in [0.5, 0.6) is 5.75 Å². The van der Waals surface area contributed by atoms with E-state index < -0.39 is 11.6 Å². The Kier molecular flexibility index (Phi) is 9.54. The highest BCUT2D eigenvalue weighted by Gasteiger charge is 2.54. The van der Waals surface area contributed by atoms with Crippen LogP contribution < -0.4 is 10.2 Å². The number of carbonyl (C=O) groups is 1. The van der Waals surface area contributed by atoms with E-state index in [9.17, 15) is 4.79 Å². The molecule has 0 spiro atoms. The number of benzene rings is 3. The molecule has 2 atom stereocenters. The third-order valence-electron chi connectivity index (χ3n) is 6.89. The van der Waals surface area contributed by atoms with E-state index in [1.807, 2.05) is 77.8 Å². The summed E-state index contributed by atoms with van der Waals surface area (Å²) in [6.07, 6.45) is 0.198. The van der Waals surface area contributed by atoms with Crippen molar-refractivity contribution in [3.63, 3.8) is 0 Å². The summed E-state index contributed by atoms with van der Waals surface area (Å²) in [5, 5.41) is 10.9. The Morgan fingerprint density at radius 1 is 1.05 bits per heavy atom. The monoisotopic (exact) mass is 671 g/mol. The number of hydrogen-bond donors (Lipinski definition) is 2. The Balaban J connectivity index is 1.56. The summed E-state index contributed by atoms with van der Waals surface area (Å²) >= 11 is 7.19. The minimum Gasteiger partial charge on any atom is -0.494 e. The minimum atomic E-state index is -1.29. The van der Waals surface area contributed by atoms with Crippen molar-refractivity contribution in [2.75, 3.05) is 39.5 Å². The highest BCUT2D eigenvalue weighted by Crippen LogP contribution is 2.43. The van der Waals surface area contributed by atoms with Crippen LogP contribution in [-0.2, 0) is 20.7 Å². The first-order chi connectivity index (χ1) is 19.5. The molecule has 2 N–H and O–H groups in total. The average Bonchev–Trinajstić information content (AvgIpc) is 3.36. The second-order valence-corrected chi connectivity index (χ2v) is 11.4. The number of halogens is 2. The number of nitrogens with zero attached hydrogens (tertiary/aromatic N) is 2. The molecule has 2 heterocycles. The summed E-state index contributed by atoms with van der Waals surface area (Å²) in [4.78, 5) is 19.4. The Labute approximate surface area is 250 Å². The molecule has 3 aromatic rings. The number of aliphatic hydroxyl groups excluding tert-OH is 1. The van der Waals surface area contributed by atoms with E-state index in [0.29, 0.717) is 57.4 Å². The van der Waals surface area contributed by atoms with Crippen LogP contribution in [0.25, 0.3) is 0 Å². The molecule has 0 unspecified atom stereocenters. The first kappa shape index (κ1) is 28.8. The summed E-state index contributed by atoms with van der Waals surface area (Å²) in [6, 6.07) is 23.1. The zero-order valence-corrected chi connectivity index (χ0v) is 25.1. The Morgan fingerprint density at radius 3 is 2.48 bits per heavy atom. The van der Waals surface area contributed by atoms with Gasteiger partial charge in [-0.25, -0.2) is 10.0 Å². The first-order valence-electron chi connectivity index (χ1n) is 13.2. The predicted octanol–water partition coefficient (Wildman–Crippen LogP) is 4.84. The van der Waals surface area contributed by atoms with E-state index >= 15 is 0 Å². The maximum absolute atomic E-state index is 14.3. The van der Waals surface area contributed by atoms with Crippen molar-refractivity contribution in [3.8, 4) is 5.75 Å². The summed E-state index contributed by atoms with van der Waals surface area (Å²) in [5.41, 5.74) is 4.37. The fourth-order valence-corrected chi connectivity index (χ4v) is 5.46. The number of hydrogen-bond acceptors (Lipinski definition) is 7. The Hall–Kier alpha value is -2.76. The average molecular weight is 673 g/mol. The quantitative estimate of drug-likeness (QED) is 0.300. The van der Waals surface area contributed by atoms with Crippen LogP contribution >= 0.6 is 31.9 Å². The second kappa shape index (κ2) is 13.3. The largest absolute Gasteiger partial charge is 0.494 e. The van der Waals surface area contributed by atoms with Crippen LogP contribution in [0.1, 0.15) is 29.2 Å². The van der Waals surface area contributed by atoms with E-state index in [1.165, 1.54) is 0 Å². The zero-order chi connectivity index (χ0) is 28.0. The van der Waals surface area contributed by atoms with Crippen molar-refractivity contribution in [1.29, 1.82) is 0 Å². The molecule has 3 aromatic carbocycles. The van der Waals surface area contributed by atoms with Crippen LogP contribution in [0.4, 0.5) is 0 Å². The molecule has 8 nitrogen and oxygen atoms in total. The molecular weight excluding hydrogens is 642 g/mol. The molecule has 10 heteroatoms. The topological polar surface area (TPSA) is 92.6 Å². The number of carbonyl (C=O) groups excluding carboxylic acids is 1. The van der Waals surface area contributed by atoms with Gasteiger partial charge in [-0.3, -0.25) is 10.2 Å². The molecule has 2 aliphatic heterocycles. The smallest absolute Gasteiger partial charge is 0.266 e. The van der Waals surface area contributed by atoms with Gasteiger partial charge in [0.2, 0.25) is 5.90 Å². The molecule has 0 bridgehead atoms. The van der Waals surface area contributed by atoms with Crippen LogP contribution in [-0.4, -0.2) is 67.0 Å². The van der Waals surface area contributed by atoms with E-state index in [2.05, 4.69) is 37.3 Å². The van der Waals surface area contributed by atoms with E-state index in [0.717, 1.165) is 25.6 Å². The number of hydrazine groups is 1. The van der Waals surface area contributed by atoms with Crippen molar-refractivity contribution in [2.24, 2.45) is 4.99 Å². The number of aliphatic imine (C=N–C) groups is 1. The van der Waals surface area contributed by atoms with Crippen LogP contribution in [0.3, 0.4) is 0 Å². The van der Waals surface area contributed by atoms with Gasteiger partial charge in [-0.1, -0.05) is 62.2 Å². The van der Waals surface area contributed by atoms with Gasteiger partial charge in [-0.05, 0) is 53.6 Å². The number of nitrogens with one attached hydrogen (secondary N) is 1. The first-order valence-corrected chi connectivity index (χ1v) is 14.8. The summed E-state index contributed by atoms with van der Waals surface area (Å²) in [5.74, 6) is 0.834. The van der Waals surface area contributed by atoms with Gasteiger partial charge in [-0.15, -0.1) is 0 Å². The Bertz CT molecular complexity index is 1330. The lowest BCUT2D eigenvalue weighted by atomic mass is 9.82. The fourth-order valence-electron chi connectivity index (χ4n) is 4.77. The van der Waals surface area contributed by atoms with Gasteiger partial charge in [-0.2, -0.15) is 0 Å². The van der Waals surface area contributed by atoms with Gasteiger partial charge in [0, 0.05) is 47.0 Å². The van der Waals surface area contributed by atoms with Gasteiger partial charge in [0.1, 0.15) is 5.75 Å². The molecule has 1 amide bonds. The SMILES string of the molecule is O=C(NN1CCOCC1)[C@@]1(Cc2ccccc2Br)N=C(c2ccc(OCCCO)cc2)O[C@H]1c1ccc(Br)cc1. The molecule has 2 aliphatic rings. The van der Waals surface area contributed by atoms with Gasteiger partial charge in [0.15, 0.2) is 11.6 Å². The third kappa shape index (κ3) is 6.58. The molecule has 40 heavy (non-hydrogen) atoms. The summed E-state index contributed by atoms with van der Waals surface area (Å²) < 4.78 is 19.6. The molecule has 0 aliphatic carbocycles. The van der Waals surface area contributed by atoms with Crippen LogP contribution in [0.2, 0.25) is 0 Å². The van der Waals surface area contributed by atoms with Crippen molar-refractivity contribution in [3.05, 3.63) is 98.4 Å².